The maximum atomic E-state index is 14.7. The summed E-state index contributed by atoms with van der Waals surface area (Å²) in [6, 6.07) is 0.160. The number of carbonyl (C=O) groups is 2. The van der Waals surface area contributed by atoms with Gasteiger partial charge in [-0.05, 0) is 57.3 Å². The number of nitrogens with zero attached hydrogens (tertiary/aromatic N) is 2. The van der Waals surface area contributed by atoms with Gasteiger partial charge in [0.25, 0.3) is 0 Å². The molecule has 0 aromatic carbocycles. The monoisotopic (exact) mass is 452 g/mol. The van der Waals surface area contributed by atoms with Gasteiger partial charge in [0.15, 0.2) is 0 Å². The lowest BCUT2D eigenvalue weighted by Crippen LogP contribution is -2.53. The fourth-order valence-corrected chi connectivity index (χ4v) is 7.58. The van der Waals surface area contributed by atoms with E-state index in [1.54, 1.807) is 6.92 Å². The molecular weight excluding hydrogens is 414 g/mol. The lowest BCUT2D eigenvalue weighted by Gasteiger charge is -2.40. The predicted molar refractivity (Wildman–Crippen MR) is 117 cm³/mol. The van der Waals surface area contributed by atoms with E-state index in [4.69, 9.17) is 0 Å². The topological polar surface area (TPSA) is 64.7 Å². The average Bonchev–Trinajstić information content (AvgIpc) is 3.44. The fraction of sp³-hybridized carbons (Fsp3) is 0.917. The molecule has 0 bridgehead atoms. The molecule has 0 aromatic heterocycles. The molecule has 5 fully saturated rings. The van der Waals surface area contributed by atoms with Gasteiger partial charge in [-0.1, -0.05) is 6.92 Å². The molecule has 3 aliphatic heterocycles. The number of fused-ring (bicyclic) bond motifs is 2. The lowest BCUT2D eigenvalue weighted by molar-refractivity contribution is -0.129. The molecule has 3 saturated heterocycles. The van der Waals surface area contributed by atoms with Crippen LogP contribution in [0.1, 0.15) is 65.2 Å². The Hall–Kier alpha value is -1.28. The maximum absolute atomic E-state index is 14.7. The van der Waals surface area contributed by atoms with Gasteiger partial charge in [-0.25, -0.2) is 8.78 Å². The van der Waals surface area contributed by atoms with E-state index in [9.17, 15) is 18.4 Å². The van der Waals surface area contributed by atoms with Crippen LogP contribution >= 0.6 is 0 Å². The molecule has 5 rings (SSSR count). The molecule has 10 atom stereocenters. The zero-order valence-corrected chi connectivity index (χ0v) is 19.3. The van der Waals surface area contributed by atoms with Crippen molar-refractivity contribution in [2.45, 2.75) is 114 Å². The Morgan fingerprint density at radius 2 is 1.75 bits per heavy atom. The highest BCUT2D eigenvalue weighted by atomic mass is 19.1. The van der Waals surface area contributed by atoms with Crippen molar-refractivity contribution >= 4 is 11.8 Å². The summed E-state index contributed by atoms with van der Waals surface area (Å²) in [5.41, 5.74) is 0. The van der Waals surface area contributed by atoms with E-state index in [1.165, 1.54) is 0 Å². The van der Waals surface area contributed by atoms with Crippen molar-refractivity contribution in [1.82, 2.24) is 20.4 Å². The Balaban J connectivity index is 1.19. The van der Waals surface area contributed by atoms with Gasteiger partial charge in [-0.15, -0.1) is 0 Å². The quantitative estimate of drug-likeness (QED) is 0.689. The second kappa shape index (κ2) is 8.82. The standard InChI is InChI=1S/C24H38F2N4O2/c1-13-3-4-19(26)18-12-20(28-23(13)18)24(32)27-16-9-15(25)10-17(11-16)30-8-6-21-22(30)5-7-29(21)14(2)31/h13,15-23,28H,3-12H2,1-2H3,(H,27,32)/t13?,15?,16?,17?,18?,19?,20?,21-,22+,23?/m0/s1. The van der Waals surface area contributed by atoms with Crippen LogP contribution in [0.3, 0.4) is 0 Å². The molecule has 6 nitrogen and oxygen atoms in total. The minimum Gasteiger partial charge on any atom is -0.352 e. The number of halogens is 2. The highest BCUT2D eigenvalue weighted by Gasteiger charge is 2.49. The fourth-order valence-electron chi connectivity index (χ4n) is 7.58. The molecule has 2 N–H and O–H groups in total. The van der Waals surface area contributed by atoms with Gasteiger partial charge in [0, 0.05) is 56.1 Å². The summed E-state index contributed by atoms with van der Waals surface area (Å²) >= 11 is 0. The normalized spacial score (nSPS) is 46.7. The molecule has 2 amide bonds. The largest absolute Gasteiger partial charge is 0.352 e. The van der Waals surface area contributed by atoms with Crippen molar-refractivity contribution in [1.29, 1.82) is 0 Å². The van der Waals surface area contributed by atoms with Crippen LogP contribution in [0.15, 0.2) is 0 Å². The van der Waals surface area contributed by atoms with E-state index < -0.39 is 12.3 Å². The van der Waals surface area contributed by atoms with Gasteiger partial charge < -0.3 is 15.5 Å². The molecule has 8 unspecified atom stereocenters. The highest BCUT2D eigenvalue weighted by Crippen LogP contribution is 2.39. The number of amides is 2. The molecular formula is C24H38F2N4O2. The second-order valence-corrected chi connectivity index (χ2v) is 11.0. The van der Waals surface area contributed by atoms with Gasteiger partial charge in [-0.3, -0.25) is 14.5 Å². The SMILES string of the molecule is CC(=O)N1CC[C@@H]2[C@@H]1CCN2C1CC(F)CC(NC(=O)C2CC3C(F)CCC(C)C3N2)C1. The summed E-state index contributed by atoms with van der Waals surface area (Å²) in [5.74, 6) is 0.323. The van der Waals surface area contributed by atoms with Crippen LogP contribution in [0.5, 0.6) is 0 Å². The summed E-state index contributed by atoms with van der Waals surface area (Å²) in [6.07, 6.45) is 3.72. The van der Waals surface area contributed by atoms with E-state index >= 15 is 0 Å². The third kappa shape index (κ3) is 4.06. The van der Waals surface area contributed by atoms with Crippen molar-refractivity contribution < 1.29 is 18.4 Å². The Morgan fingerprint density at radius 3 is 2.50 bits per heavy atom. The molecule has 0 spiro atoms. The first-order valence-corrected chi connectivity index (χ1v) is 12.7. The van der Waals surface area contributed by atoms with Crippen LogP contribution in [-0.2, 0) is 9.59 Å². The van der Waals surface area contributed by atoms with Gasteiger partial charge >= 0.3 is 0 Å². The zero-order valence-electron chi connectivity index (χ0n) is 19.3. The van der Waals surface area contributed by atoms with Crippen LogP contribution in [0.25, 0.3) is 0 Å². The number of nitrogens with one attached hydrogen (secondary N) is 2. The maximum Gasteiger partial charge on any atom is 0.237 e. The Morgan fingerprint density at radius 1 is 0.969 bits per heavy atom. The van der Waals surface area contributed by atoms with Crippen molar-refractivity contribution in [2.24, 2.45) is 11.8 Å². The summed E-state index contributed by atoms with van der Waals surface area (Å²) in [5, 5.41) is 6.51. The van der Waals surface area contributed by atoms with Crippen molar-refractivity contribution in [3.8, 4) is 0 Å². The number of alkyl halides is 2. The van der Waals surface area contributed by atoms with Crippen LogP contribution in [-0.4, -0.2) is 83.3 Å². The van der Waals surface area contributed by atoms with Crippen LogP contribution in [0.2, 0.25) is 0 Å². The summed E-state index contributed by atoms with van der Waals surface area (Å²) < 4.78 is 29.2. The average molecular weight is 453 g/mol. The lowest BCUT2D eigenvalue weighted by atomic mass is 9.77. The van der Waals surface area contributed by atoms with E-state index in [0.29, 0.717) is 37.6 Å². The molecule has 180 valence electrons. The Bertz CT molecular complexity index is 721. The van der Waals surface area contributed by atoms with Gasteiger partial charge in [-0.2, -0.15) is 0 Å². The van der Waals surface area contributed by atoms with Crippen molar-refractivity contribution in [3.05, 3.63) is 0 Å². The molecule has 8 heteroatoms. The van der Waals surface area contributed by atoms with Crippen molar-refractivity contribution in [2.75, 3.05) is 13.1 Å². The molecule has 5 aliphatic rings. The molecule has 0 aromatic rings. The third-order valence-electron chi connectivity index (χ3n) is 9.12. The number of likely N-dealkylation sites (tertiary alicyclic amines) is 2. The summed E-state index contributed by atoms with van der Waals surface area (Å²) in [6.45, 7) is 5.45. The zero-order chi connectivity index (χ0) is 22.6. The highest BCUT2D eigenvalue weighted by molar-refractivity contribution is 5.82. The number of carbonyl (C=O) groups excluding carboxylic acids is 2. The van der Waals surface area contributed by atoms with Crippen LogP contribution in [0.4, 0.5) is 8.78 Å². The smallest absolute Gasteiger partial charge is 0.237 e. The molecule has 3 heterocycles. The number of hydrogen-bond donors (Lipinski definition) is 2. The van der Waals surface area contributed by atoms with Gasteiger partial charge in [0.2, 0.25) is 11.8 Å². The summed E-state index contributed by atoms with van der Waals surface area (Å²) in [7, 11) is 0. The summed E-state index contributed by atoms with van der Waals surface area (Å²) in [4.78, 5) is 29.3. The van der Waals surface area contributed by atoms with Gasteiger partial charge in [0.05, 0.1) is 6.04 Å². The van der Waals surface area contributed by atoms with E-state index in [0.717, 1.165) is 38.8 Å². The van der Waals surface area contributed by atoms with Crippen molar-refractivity contribution in [3.63, 3.8) is 0 Å². The van der Waals surface area contributed by atoms with E-state index in [1.807, 2.05) is 4.90 Å². The van der Waals surface area contributed by atoms with E-state index in [2.05, 4.69) is 22.5 Å². The molecule has 2 saturated carbocycles. The first-order valence-electron chi connectivity index (χ1n) is 12.7. The number of rotatable bonds is 3. The first kappa shape index (κ1) is 22.5. The Kier molecular flexibility index (Phi) is 6.20. The molecule has 2 aliphatic carbocycles. The molecule has 32 heavy (non-hydrogen) atoms. The van der Waals surface area contributed by atoms with E-state index in [-0.39, 0.29) is 47.9 Å². The minimum absolute atomic E-state index is 0.0654. The molecule has 0 radical (unpaired) electrons. The Labute approximate surface area is 189 Å². The number of hydrogen-bond acceptors (Lipinski definition) is 4. The predicted octanol–water partition coefficient (Wildman–Crippen LogP) is 2.17. The minimum atomic E-state index is -0.933. The van der Waals surface area contributed by atoms with Crippen LogP contribution < -0.4 is 10.6 Å². The second-order valence-electron chi connectivity index (χ2n) is 11.0. The van der Waals surface area contributed by atoms with Crippen LogP contribution in [0, 0.1) is 11.8 Å². The third-order valence-corrected chi connectivity index (χ3v) is 9.12. The first-order chi connectivity index (χ1) is 15.3. The van der Waals surface area contributed by atoms with Gasteiger partial charge in [0.1, 0.15) is 12.3 Å².